The molecule has 0 amide bonds. The lowest BCUT2D eigenvalue weighted by Gasteiger charge is -2.13. The lowest BCUT2D eigenvalue weighted by atomic mass is 10.0. The summed E-state index contributed by atoms with van der Waals surface area (Å²) in [6.07, 6.45) is 3.43. The summed E-state index contributed by atoms with van der Waals surface area (Å²) in [4.78, 5) is 13.7. The summed E-state index contributed by atoms with van der Waals surface area (Å²) in [6.45, 7) is 0.371. The van der Waals surface area contributed by atoms with Crippen molar-refractivity contribution in [1.29, 1.82) is 0 Å². The Morgan fingerprint density at radius 1 is 0.912 bits per heavy atom. The maximum Gasteiger partial charge on any atom is 0.163 e. The van der Waals surface area contributed by atoms with Crippen LogP contribution in [0.5, 0.6) is 5.75 Å². The first-order valence-corrected chi connectivity index (χ1v) is 11.0. The van der Waals surface area contributed by atoms with Crippen LogP contribution >= 0.6 is 11.6 Å². The molecule has 0 fully saturated rings. The molecule has 0 atom stereocenters. The molecule has 0 aliphatic heterocycles. The third-order valence-electron chi connectivity index (χ3n) is 5.46. The zero-order valence-electron chi connectivity index (χ0n) is 18.3. The number of pyridine rings is 1. The highest BCUT2D eigenvalue weighted by Crippen LogP contribution is 2.31. The Balaban J connectivity index is 1.59. The molecule has 7 heteroatoms. The molecular weight excluding hydrogens is 451 g/mol. The lowest BCUT2D eigenvalue weighted by Crippen LogP contribution is -2.05. The molecule has 0 spiro atoms. The van der Waals surface area contributed by atoms with Crippen LogP contribution in [-0.4, -0.2) is 22.1 Å². The number of methoxy groups -OCH3 is 1. The molecule has 5 rings (SSSR count). The fourth-order valence-corrected chi connectivity index (χ4v) is 3.82. The van der Waals surface area contributed by atoms with Crippen molar-refractivity contribution in [2.75, 3.05) is 12.4 Å². The minimum atomic E-state index is -0.454. The molecule has 0 unspecified atom stereocenters. The molecule has 0 bridgehead atoms. The summed E-state index contributed by atoms with van der Waals surface area (Å²) in [5.41, 5.74) is 4.36. The molecule has 0 radical (unpaired) electrons. The van der Waals surface area contributed by atoms with Gasteiger partial charge in [0.05, 0.1) is 17.6 Å². The van der Waals surface area contributed by atoms with Gasteiger partial charge in [-0.25, -0.2) is 14.4 Å². The van der Waals surface area contributed by atoms with Crippen LogP contribution < -0.4 is 10.1 Å². The zero-order chi connectivity index (χ0) is 23.5. The van der Waals surface area contributed by atoms with E-state index in [1.807, 2.05) is 54.6 Å². The van der Waals surface area contributed by atoms with Crippen molar-refractivity contribution in [3.63, 3.8) is 0 Å². The fraction of sp³-hybridized carbons (Fsp3) is 0.0741. The minimum Gasteiger partial charge on any atom is -0.497 e. The summed E-state index contributed by atoms with van der Waals surface area (Å²) < 4.78 is 19.3. The van der Waals surface area contributed by atoms with Crippen LogP contribution in [-0.2, 0) is 6.54 Å². The molecular formula is C27H20ClFN4O. The van der Waals surface area contributed by atoms with Crippen LogP contribution in [0.25, 0.3) is 33.4 Å². The van der Waals surface area contributed by atoms with Crippen LogP contribution in [0.1, 0.15) is 5.56 Å². The van der Waals surface area contributed by atoms with Gasteiger partial charge < -0.3 is 10.1 Å². The van der Waals surface area contributed by atoms with Crippen molar-refractivity contribution in [3.05, 3.63) is 102 Å². The minimum absolute atomic E-state index is 0.0954. The van der Waals surface area contributed by atoms with Crippen LogP contribution in [0.4, 0.5) is 10.2 Å². The third kappa shape index (κ3) is 4.54. The van der Waals surface area contributed by atoms with Crippen LogP contribution in [0.3, 0.4) is 0 Å². The van der Waals surface area contributed by atoms with Crippen LogP contribution in [0.15, 0.2) is 85.2 Å². The van der Waals surface area contributed by atoms with E-state index in [0.717, 1.165) is 38.9 Å². The molecule has 2 aromatic heterocycles. The Labute approximate surface area is 201 Å². The second kappa shape index (κ2) is 9.45. The topological polar surface area (TPSA) is 59.9 Å². The van der Waals surface area contributed by atoms with Crippen molar-refractivity contribution >= 4 is 28.3 Å². The van der Waals surface area contributed by atoms with Crippen LogP contribution in [0, 0.1) is 5.82 Å². The van der Waals surface area contributed by atoms with E-state index in [1.165, 1.54) is 6.07 Å². The van der Waals surface area contributed by atoms with Crippen LogP contribution in [0.2, 0.25) is 5.02 Å². The Kier molecular flexibility index (Phi) is 6.06. The number of hydrogen-bond donors (Lipinski definition) is 1. The van der Waals surface area contributed by atoms with Gasteiger partial charge in [-0.3, -0.25) is 4.98 Å². The van der Waals surface area contributed by atoms with E-state index in [-0.39, 0.29) is 5.02 Å². The molecule has 2 heterocycles. The van der Waals surface area contributed by atoms with E-state index < -0.39 is 5.82 Å². The molecule has 5 nitrogen and oxygen atoms in total. The van der Waals surface area contributed by atoms with E-state index >= 15 is 0 Å². The molecule has 0 saturated carbocycles. The van der Waals surface area contributed by atoms with E-state index in [4.69, 9.17) is 26.3 Å². The number of halogens is 2. The molecule has 0 aliphatic carbocycles. The van der Waals surface area contributed by atoms with E-state index in [0.29, 0.717) is 18.2 Å². The first-order chi connectivity index (χ1) is 16.6. The van der Waals surface area contributed by atoms with Crippen molar-refractivity contribution in [2.24, 2.45) is 0 Å². The van der Waals surface area contributed by atoms with Gasteiger partial charge in [0.25, 0.3) is 0 Å². The highest BCUT2D eigenvalue weighted by atomic mass is 35.5. The maximum atomic E-state index is 13.9. The molecule has 0 aliphatic rings. The first-order valence-electron chi connectivity index (χ1n) is 10.6. The molecule has 5 aromatic rings. The number of nitrogens with one attached hydrogen (secondary N) is 1. The summed E-state index contributed by atoms with van der Waals surface area (Å²) in [7, 11) is 1.65. The lowest BCUT2D eigenvalue weighted by molar-refractivity contribution is 0.415. The number of anilines is 1. The standard InChI is InChI=1S/C27H20ClFN4O/c1-34-21-6-2-4-18(13-21)19-8-10-25-22(14-19)27(31-15-17-7-9-23(28)24(29)12-17)33-26(32-25)20-5-3-11-30-16-20/h2-14,16H,15H2,1H3,(H,31,32,33). The number of nitrogens with zero attached hydrogens (tertiary/aromatic N) is 3. The molecule has 1 N–H and O–H groups in total. The summed E-state index contributed by atoms with van der Waals surface area (Å²) in [6, 6.07) is 22.4. The maximum absolute atomic E-state index is 13.9. The smallest absolute Gasteiger partial charge is 0.163 e. The third-order valence-corrected chi connectivity index (χ3v) is 5.77. The number of aromatic nitrogens is 3. The number of fused-ring (bicyclic) bond motifs is 1. The average Bonchev–Trinajstić information content (AvgIpc) is 2.89. The number of ether oxygens (including phenoxy) is 1. The van der Waals surface area contributed by atoms with Crippen molar-refractivity contribution < 1.29 is 9.13 Å². The summed E-state index contributed by atoms with van der Waals surface area (Å²) in [5, 5.41) is 4.30. The van der Waals surface area contributed by atoms with Gasteiger partial charge in [-0.1, -0.05) is 35.9 Å². The molecule has 0 saturated heterocycles. The normalized spacial score (nSPS) is 10.9. The Morgan fingerprint density at radius 2 is 1.76 bits per heavy atom. The second-order valence-electron chi connectivity index (χ2n) is 7.70. The number of hydrogen-bond acceptors (Lipinski definition) is 5. The monoisotopic (exact) mass is 470 g/mol. The van der Waals surface area contributed by atoms with Gasteiger partial charge in [0.15, 0.2) is 5.82 Å². The van der Waals surface area contributed by atoms with Gasteiger partial charge in [0, 0.05) is 29.9 Å². The van der Waals surface area contributed by atoms with E-state index in [1.54, 1.807) is 31.6 Å². The predicted octanol–water partition coefficient (Wildman–Crippen LogP) is 6.77. The highest BCUT2D eigenvalue weighted by Gasteiger charge is 2.12. The largest absolute Gasteiger partial charge is 0.497 e. The van der Waals surface area contributed by atoms with Gasteiger partial charge in [0.1, 0.15) is 17.4 Å². The van der Waals surface area contributed by atoms with E-state index in [2.05, 4.69) is 10.3 Å². The van der Waals surface area contributed by atoms with Gasteiger partial charge >= 0.3 is 0 Å². The zero-order valence-corrected chi connectivity index (χ0v) is 19.1. The molecule has 3 aromatic carbocycles. The van der Waals surface area contributed by atoms with Crippen molar-refractivity contribution in [1.82, 2.24) is 15.0 Å². The van der Waals surface area contributed by atoms with Gasteiger partial charge in [0.2, 0.25) is 0 Å². The fourth-order valence-electron chi connectivity index (χ4n) is 3.70. The first kappa shape index (κ1) is 21.8. The predicted molar refractivity (Wildman–Crippen MR) is 133 cm³/mol. The van der Waals surface area contributed by atoms with E-state index in [9.17, 15) is 4.39 Å². The average molecular weight is 471 g/mol. The van der Waals surface area contributed by atoms with Gasteiger partial charge in [-0.2, -0.15) is 0 Å². The highest BCUT2D eigenvalue weighted by molar-refractivity contribution is 6.30. The Hall–Kier alpha value is -4.03. The number of rotatable bonds is 6. The summed E-state index contributed by atoms with van der Waals surface area (Å²) >= 11 is 5.83. The summed E-state index contributed by atoms with van der Waals surface area (Å²) in [5.74, 6) is 1.53. The Morgan fingerprint density at radius 3 is 2.56 bits per heavy atom. The second-order valence-corrected chi connectivity index (χ2v) is 8.11. The van der Waals surface area contributed by atoms with Crippen molar-refractivity contribution in [3.8, 4) is 28.3 Å². The van der Waals surface area contributed by atoms with Gasteiger partial charge in [-0.05, 0) is 65.2 Å². The quantitative estimate of drug-likeness (QED) is 0.296. The molecule has 34 heavy (non-hydrogen) atoms. The van der Waals surface area contributed by atoms with Gasteiger partial charge in [-0.15, -0.1) is 0 Å². The Bertz CT molecular complexity index is 1480. The van der Waals surface area contributed by atoms with Crippen molar-refractivity contribution in [2.45, 2.75) is 6.54 Å². The molecule has 168 valence electrons. The number of benzene rings is 3. The SMILES string of the molecule is COc1cccc(-c2ccc3nc(-c4cccnc4)nc(NCc4ccc(Cl)c(F)c4)c3c2)c1.